The van der Waals surface area contributed by atoms with Crippen LogP contribution in [0.3, 0.4) is 0 Å². The molecule has 5 heteroatoms. The molecule has 2 aromatic carbocycles. The Balaban J connectivity index is 2.81. The zero-order chi connectivity index (χ0) is 15.9. The molecule has 0 saturated carbocycles. The van der Waals surface area contributed by atoms with Crippen LogP contribution in [0.25, 0.3) is 0 Å². The Bertz CT molecular complexity index is 821. The normalized spacial score (nSPS) is 11.6. The standard InChI is InChI=1S/C16H18O4S/c1-9-5-6-10(2)16(15(9)18)21(19,20)14-8-11(3)13(17)7-12(14)4/h5-8,17-18H,1-4H3. The summed E-state index contributed by atoms with van der Waals surface area (Å²) in [6.45, 7) is 6.56. The van der Waals surface area contributed by atoms with E-state index in [1.807, 2.05) is 0 Å². The molecule has 4 nitrogen and oxygen atoms in total. The summed E-state index contributed by atoms with van der Waals surface area (Å²) in [7, 11) is -3.85. The largest absolute Gasteiger partial charge is 0.508 e. The van der Waals surface area contributed by atoms with Crippen molar-refractivity contribution >= 4 is 9.84 Å². The van der Waals surface area contributed by atoms with Gasteiger partial charge in [0.2, 0.25) is 9.84 Å². The summed E-state index contributed by atoms with van der Waals surface area (Å²) in [5.74, 6) is -0.170. The number of phenols is 2. The van der Waals surface area contributed by atoms with E-state index in [0.29, 0.717) is 22.3 Å². The van der Waals surface area contributed by atoms with E-state index in [9.17, 15) is 18.6 Å². The van der Waals surface area contributed by atoms with E-state index in [-0.39, 0.29) is 21.3 Å². The highest BCUT2D eigenvalue weighted by Gasteiger charge is 2.27. The summed E-state index contributed by atoms with van der Waals surface area (Å²) in [6, 6.07) is 6.20. The lowest BCUT2D eigenvalue weighted by molar-refractivity contribution is 0.453. The van der Waals surface area contributed by atoms with Crippen molar-refractivity contribution in [2.24, 2.45) is 0 Å². The van der Waals surface area contributed by atoms with Gasteiger partial charge in [-0.2, -0.15) is 0 Å². The number of aromatic hydroxyl groups is 2. The second kappa shape index (κ2) is 5.07. The third-order valence-electron chi connectivity index (χ3n) is 3.58. The first kappa shape index (κ1) is 15.4. The zero-order valence-corrected chi connectivity index (χ0v) is 13.2. The molecule has 2 N–H and O–H groups in total. The fourth-order valence-corrected chi connectivity index (χ4v) is 4.23. The molecule has 0 fully saturated rings. The monoisotopic (exact) mass is 306 g/mol. The van der Waals surface area contributed by atoms with Gasteiger partial charge in [-0.1, -0.05) is 12.1 Å². The average Bonchev–Trinajstić information content (AvgIpc) is 2.38. The molecule has 2 aromatic rings. The molecule has 112 valence electrons. The van der Waals surface area contributed by atoms with Crippen molar-refractivity contribution in [2.45, 2.75) is 37.5 Å². The molecule has 0 unspecified atom stereocenters. The highest BCUT2D eigenvalue weighted by atomic mass is 32.2. The molecule has 0 aliphatic rings. The van der Waals surface area contributed by atoms with Gasteiger partial charge < -0.3 is 10.2 Å². The lowest BCUT2D eigenvalue weighted by atomic mass is 10.1. The van der Waals surface area contributed by atoms with E-state index in [0.717, 1.165) is 0 Å². The minimum absolute atomic E-state index is 0.0524. The van der Waals surface area contributed by atoms with Gasteiger partial charge in [-0.3, -0.25) is 0 Å². The molecule has 0 heterocycles. The number of benzene rings is 2. The number of phenolic OH excluding ortho intramolecular Hbond substituents is 2. The lowest BCUT2D eigenvalue weighted by Crippen LogP contribution is -2.07. The number of sulfone groups is 1. The van der Waals surface area contributed by atoms with Crippen molar-refractivity contribution < 1.29 is 18.6 Å². The summed E-state index contributed by atoms with van der Waals surface area (Å²) >= 11 is 0. The molecular formula is C16H18O4S. The number of aryl methyl sites for hydroxylation is 4. The first-order valence-corrected chi connectivity index (χ1v) is 7.99. The van der Waals surface area contributed by atoms with Gasteiger partial charge in [-0.05, 0) is 62.1 Å². The molecule has 0 atom stereocenters. The van der Waals surface area contributed by atoms with Crippen LogP contribution in [0.4, 0.5) is 0 Å². The predicted octanol–water partition coefficient (Wildman–Crippen LogP) is 3.16. The Hall–Kier alpha value is -2.01. The molecular weight excluding hydrogens is 288 g/mol. The predicted molar refractivity (Wildman–Crippen MR) is 80.6 cm³/mol. The zero-order valence-electron chi connectivity index (χ0n) is 12.4. The van der Waals surface area contributed by atoms with E-state index in [1.54, 1.807) is 39.8 Å². The minimum atomic E-state index is -3.85. The van der Waals surface area contributed by atoms with Crippen molar-refractivity contribution in [2.75, 3.05) is 0 Å². The van der Waals surface area contributed by atoms with Gasteiger partial charge in [0, 0.05) is 0 Å². The van der Waals surface area contributed by atoms with Crippen LogP contribution >= 0.6 is 0 Å². The Morgan fingerprint density at radius 2 is 1.38 bits per heavy atom. The van der Waals surface area contributed by atoms with E-state index >= 15 is 0 Å². The van der Waals surface area contributed by atoms with Gasteiger partial charge in [0.15, 0.2) is 0 Å². The molecule has 2 rings (SSSR count). The van der Waals surface area contributed by atoms with Crippen LogP contribution in [-0.4, -0.2) is 18.6 Å². The van der Waals surface area contributed by atoms with Crippen molar-refractivity contribution in [1.82, 2.24) is 0 Å². The molecule has 0 radical (unpaired) electrons. The summed E-state index contributed by atoms with van der Waals surface area (Å²) in [5.41, 5.74) is 1.91. The summed E-state index contributed by atoms with van der Waals surface area (Å²) in [6.07, 6.45) is 0. The Kier molecular flexibility index (Phi) is 3.72. The van der Waals surface area contributed by atoms with Crippen LogP contribution in [0.15, 0.2) is 34.1 Å². The van der Waals surface area contributed by atoms with Crippen molar-refractivity contribution in [3.05, 3.63) is 46.5 Å². The van der Waals surface area contributed by atoms with Crippen LogP contribution in [0, 0.1) is 27.7 Å². The van der Waals surface area contributed by atoms with Gasteiger partial charge in [0.25, 0.3) is 0 Å². The molecule has 0 saturated heterocycles. The Morgan fingerprint density at radius 3 is 2.00 bits per heavy atom. The van der Waals surface area contributed by atoms with Crippen molar-refractivity contribution in [3.8, 4) is 11.5 Å². The first-order valence-electron chi connectivity index (χ1n) is 6.50. The van der Waals surface area contributed by atoms with E-state index in [1.165, 1.54) is 12.1 Å². The summed E-state index contributed by atoms with van der Waals surface area (Å²) < 4.78 is 25.7. The van der Waals surface area contributed by atoms with Gasteiger partial charge in [0.1, 0.15) is 16.4 Å². The topological polar surface area (TPSA) is 74.6 Å². The van der Waals surface area contributed by atoms with Crippen LogP contribution in [0.2, 0.25) is 0 Å². The maximum atomic E-state index is 12.9. The second-order valence-corrected chi connectivity index (χ2v) is 7.14. The molecule has 21 heavy (non-hydrogen) atoms. The SMILES string of the molecule is Cc1cc(S(=O)(=O)c2c(C)ccc(C)c2O)c(C)cc1O. The van der Waals surface area contributed by atoms with E-state index < -0.39 is 9.84 Å². The number of hydrogen-bond donors (Lipinski definition) is 2. The minimum Gasteiger partial charge on any atom is -0.508 e. The fourth-order valence-electron chi connectivity index (χ4n) is 2.28. The van der Waals surface area contributed by atoms with Gasteiger partial charge in [-0.15, -0.1) is 0 Å². The van der Waals surface area contributed by atoms with E-state index in [4.69, 9.17) is 0 Å². The van der Waals surface area contributed by atoms with Crippen LogP contribution in [-0.2, 0) is 9.84 Å². The van der Waals surface area contributed by atoms with E-state index in [2.05, 4.69) is 0 Å². The van der Waals surface area contributed by atoms with Crippen LogP contribution in [0.1, 0.15) is 22.3 Å². The maximum Gasteiger partial charge on any atom is 0.210 e. The quantitative estimate of drug-likeness (QED) is 0.893. The van der Waals surface area contributed by atoms with Crippen LogP contribution < -0.4 is 0 Å². The second-order valence-electron chi connectivity index (χ2n) is 5.28. The van der Waals surface area contributed by atoms with Crippen molar-refractivity contribution in [3.63, 3.8) is 0 Å². The molecule has 0 amide bonds. The lowest BCUT2D eigenvalue weighted by Gasteiger charge is -2.14. The molecule has 0 bridgehead atoms. The van der Waals surface area contributed by atoms with Crippen LogP contribution in [0.5, 0.6) is 11.5 Å². The highest BCUT2D eigenvalue weighted by Crippen LogP contribution is 2.36. The highest BCUT2D eigenvalue weighted by molar-refractivity contribution is 7.91. The van der Waals surface area contributed by atoms with Gasteiger partial charge in [0.05, 0.1) is 4.90 Å². The van der Waals surface area contributed by atoms with Gasteiger partial charge in [-0.25, -0.2) is 8.42 Å². The third kappa shape index (κ3) is 2.49. The molecule has 0 aromatic heterocycles. The smallest absolute Gasteiger partial charge is 0.210 e. The average molecular weight is 306 g/mol. The molecule has 0 aliphatic carbocycles. The molecule has 0 aliphatic heterocycles. The Labute approximate surface area is 124 Å². The first-order chi connectivity index (χ1) is 9.66. The Morgan fingerprint density at radius 1 is 0.810 bits per heavy atom. The third-order valence-corrected chi connectivity index (χ3v) is 5.65. The summed E-state index contributed by atoms with van der Waals surface area (Å²) in [5, 5.41) is 19.8. The molecule has 0 spiro atoms. The van der Waals surface area contributed by atoms with Gasteiger partial charge >= 0.3 is 0 Å². The maximum absolute atomic E-state index is 12.9. The number of hydrogen-bond acceptors (Lipinski definition) is 4. The number of rotatable bonds is 2. The van der Waals surface area contributed by atoms with Crippen molar-refractivity contribution in [1.29, 1.82) is 0 Å². The fraction of sp³-hybridized carbons (Fsp3) is 0.250. The summed E-state index contributed by atoms with van der Waals surface area (Å²) in [4.78, 5) is 0.0255.